The molecule has 0 spiro atoms. The van der Waals surface area contributed by atoms with Crippen molar-refractivity contribution in [1.82, 2.24) is 9.80 Å². The van der Waals surface area contributed by atoms with Gasteiger partial charge in [-0.05, 0) is 19.3 Å². The highest BCUT2D eigenvalue weighted by molar-refractivity contribution is 5.95. The maximum absolute atomic E-state index is 12.3. The Hall–Kier alpha value is -1.50. The molecule has 0 aliphatic carbocycles. The van der Waals surface area contributed by atoms with Gasteiger partial charge in [-0.3, -0.25) is 9.59 Å². The molecule has 17 heavy (non-hydrogen) atoms. The molecule has 2 aliphatic heterocycles. The van der Waals surface area contributed by atoms with E-state index in [0.29, 0.717) is 0 Å². The Morgan fingerprint density at radius 2 is 2.29 bits per heavy atom. The number of hydrogen-bond donors (Lipinski definition) is 0. The summed E-state index contributed by atoms with van der Waals surface area (Å²) < 4.78 is 0. The molecule has 0 N–H and O–H groups in total. The summed E-state index contributed by atoms with van der Waals surface area (Å²) in [5.41, 5.74) is 0. The fraction of sp³-hybridized carbons (Fsp3) is 0.692. The largest absolute Gasteiger partial charge is 0.329 e. The molecule has 2 heterocycles. The van der Waals surface area contributed by atoms with Crippen molar-refractivity contribution in [2.45, 2.75) is 44.7 Å². The van der Waals surface area contributed by atoms with Crippen LogP contribution in [-0.2, 0) is 9.59 Å². The fourth-order valence-electron chi connectivity index (χ4n) is 2.69. The Labute approximate surface area is 102 Å². The third-order valence-electron chi connectivity index (χ3n) is 3.58. The smallest absolute Gasteiger partial charge is 0.246 e. The van der Waals surface area contributed by atoms with Crippen LogP contribution in [0, 0.1) is 12.3 Å². The van der Waals surface area contributed by atoms with Gasteiger partial charge in [0.05, 0.1) is 6.04 Å². The van der Waals surface area contributed by atoms with Crippen molar-refractivity contribution in [2.24, 2.45) is 0 Å². The first-order valence-corrected chi connectivity index (χ1v) is 6.25. The second-order valence-corrected chi connectivity index (χ2v) is 4.68. The summed E-state index contributed by atoms with van der Waals surface area (Å²) in [5.74, 6) is 2.72. The molecule has 2 unspecified atom stereocenters. The zero-order valence-electron chi connectivity index (χ0n) is 10.2. The first-order chi connectivity index (χ1) is 8.19. The Balaban J connectivity index is 2.16. The highest BCUT2D eigenvalue weighted by Gasteiger charge is 2.43. The molecule has 4 nitrogen and oxygen atoms in total. The van der Waals surface area contributed by atoms with E-state index in [1.807, 2.05) is 6.92 Å². The molecule has 0 aromatic heterocycles. The van der Waals surface area contributed by atoms with E-state index in [9.17, 15) is 9.59 Å². The number of amides is 2. The number of carbonyl (C=O) groups is 2. The molecule has 0 aromatic carbocycles. The average molecular weight is 234 g/mol. The van der Waals surface area contributed by atoms with E-state index in [1.54, 1.807) is 9.80 Å². The van der Waals surface area contributed by atoms with Crippen molar-refractivity contribution < 1.29 is 9.59 Å². The topological polar surface area (TPSA) is 40.6 Å². The first kappa shape index (κ1) is 12.0. The number of piperazine rings is 1. The molecule has 0 bridgehead atoms. The van der Waals surface area contributed by atoms with Gasteiger partial charge in [0.2, 0.25) is 11.8 Å². The summed E-state index contributed by atoms with van der Waals surface area (Å²) in [6.07, 6.45) is 8.85. The predicted molar refractivity (Wildman–Crippen MR) is 64.0 cm³/mol. The number of hydrogen-bond acceptors (Lipinski definition) is 2. The van der Waals surface area contributed by atoms with Gasteiger partial charge in [0.15, 0.2) is 0 Å². The Kier molecular flexibility index (Phi) is 3.37. The minimum absolute atomic E-state index is 0.0403. The van der Waals surface area contributed by atoms with Crippen molar-refractivity contribution >= 4 is 11.8 Å². The summed E-state index contributed by atoms with van der Waals surface area (Å²) in [6.45, 7) is 2.91. The molecule has 2 atom stereocenters. The van der Waals surface area contributed by atoms with Gasteiger partial charge >= 0.3 is 0 Å². The summed E-state index contributed by atoms with van der Waals surface area (Å²) in [7, 11) is 0. The minimum Gasteiger partial charge on any atom is -0.329 e. The van der Waals surface area contributed by atoms with Gasteiger partial charge in [-0.1, -0.05) is 19.3 Å². The number of fused-ring (bicyclic) bond motifs is 1. The lowest BCUT2D eigenvalue weighted by molar-refractivity contribution is -0.154. The van der Waals surface area contributed by atoms with E-state index in [0.717, 1.165) is 32.2 Å². The number of nitrogens with zero attached hydrogens (tertiary/aromatic N) is 2. The quantitative estimate of drug-likeness (QED) is 0.672. The predicted octanol–water partition coefficient (Wildman–Crippen LogP) is 0.621. The minimum atomic E-state index is -0.246. The molecule has 2 saturated heterocycles. The molecule has 2 fully saturated rings. The van der Waals surface area contributed by atoms with Gasteiger partial charge < -0.3 is 9.80 Å². The molecule has 4 heteroatoms. The molecule has 0 aromatic rings. The number of rotatable bonds is 3. The SMILES string of the molecule is C#CC(CCC)N1CC(=O)N2CCCC2C1=O. The normalized spacial score (nSPS) is 25.8. The van der Waals surface area contributed by atoms with Crippen LogP contribution >= 0.6 is 0 Å². The van der Waals surface area contributed by atoms with Crippen LogP contribution in [0.25, 0.3) is 0 Å². The van der Waals surface area contributed by atoms with Gasteiger partial charge in [-0.25, -0.2) is 0 Å². The van der Waals surface area contributed by atoms with E-state index >= 15 is 0 Å². The lowest BCUT2D eigenvalue weighted by atomic mass is 10.1. The van der Waals surface area contributed by atoms with E-state index in [-0.39, 0.29) is 30.4 Å². The number of carbonyl (C=O) groups excluding carboxylic acids is 2. The molecule has 2 rings (SSSR count). The van der Waals surface area contributed by atoms with Crippen molar-refractivity contribution in [2.75, 3.05) is 13.1 Å². The maximum atomic E-state index is 12.3. The van der Waals surface area contributed by atoms with Crippen LogP contribution in [-0.4, -0.2) is 46.8 Å². The first-order valence-electron chi connectivity index (χ1n) is 6.25. The Morgan fingerprint density at radius 3 is 2.94 bits per heavy atom. The van der Waals surface area contributed by atoms with Crippen LogP contribution in [0.1, 0.15) is 32.6 Å². The monoisotopic (exact) mass is 234 g/mol. The van der Waals surface area contributed by atoms with Crippen LogP contribution in [0.2, 0.25) is 0 Å². The molecule has 0 saturated carbocycles. The summed E-state index contributed by atoms with van der Waals surface area (Å²) in [5, 5.41) is 0. The van der Waals surface area contributed by atoms with E-state index < -0.39 is 0 Å². The second kappa shape index (κ2) is 4.79. The highest BCUT2D eigenvalue weighted by Crippen LogP contribution is 2.25. The molecule has 0 radical (unpaired) electrons. The molecular weight excluding hydrogens is 216 g/mol. The summed E-state index contributed by atoms with van der Waals surface area (Å²) in [6, 6.07) is -0.469. The van der Waals surface area contributed by atoms with Gasteiger partial charge in [-0.15, -0.1) is 6.42 Å². The van der Waals surface area contributed by atoms with Gasteiger partial charge in [0.1, 0.15) is 12.6 Å². The average Bonchev–Trinajstić information content (AvgIpc) is 2.81. The van der Waals surface area contributed by atoms with Crippen LogP contribution < -0.4 is 0 Å². The van der Waals surface area contributed by atoms with Crippen LogP contribution in [0.15, 0.2) is 0 Å². The van der Waals surface area contributed by atoms with Crippen molar-refractivity contribution in [3.8, 4) is 12.3 Å². The molecular formula is C13H18N2O2. The van der Waals surface area contributed by atoms with Crippen molar-refractivity contribution in [3.63, 3.8) is 0 Å². The Bertz CT molecular complexity index is 372. The molecule has 92 valence electrons. The van der Waals surface area contributed by atoms with Crippen molar-refractivity contribution in [1.29, 1.82) is 0 Å². The lowest BCUT2D eigenvalue weighted by Crippen LogP contribution is -2.59. The maximum Gasteiger partial charge on any atom is 0.246 e. The van der Waals surface area contributed by atoms with Crippen LogP contribution in [0.3, 0.4) is 0 Å². The Morgan fingerprint density at radius 1 is 1.53 bits per heavy atom. The van der Waals surface area contributed by atoms with E-state index in [4.69, 9.17) is 6.42 Å². The summed E-state index contributed by atoms with van der Waals surface area (Å²) in [4.78, 5) is 27.5. The number of terminal acetylenes is 1. The lowest BCUT2D eigenvalue weighted by Gasteiger charge is -2.39. The van der Waals surface area contributed by atoms with Gasteiger partial charge in [0.25, 0.3) is 0 Å². The van der Waals surface area contributed by atoms with E-state index in [1.165, 1.54) is 0 Å². The van der Waals surface area contributed by atoms with Crippen LogP contribution in [0.5, 0.6) is 0 Å². The van der Waals surface area contributed by atoms with Gasteiger partial charge in [0, 0.05) is 6.54 Å². The third-order valence-corrected chi connectivity index (χ3v) is 3.58. The highest BCUT2D eigenvalue weighted by atomic mass is 16.2. The third kappa shape index (κ3) is 2.02. The molecule has 2 aliphatic rings. The standard InChI is InChI=1S/C13H18N2O2/c1-3-6-10(4-2)15-9-12(16)14-8-5-7-11(14)13(15)17/h2,10-11H,3,5-9H2,1H3. The fourth-order valence-corrected chi connectivity index (χ4v) is 2.69. The second-order valence-electron chi connectivity index (χ2n) is 4.68. The van der Waals surface area contributed by atoms with Crippen LogP contribution in [0.4, 0.5) is 0 Å². The summed E-state index contributed by atoms with van der Waals surface area (Å²) >= 11 is 0. The zero-order chi connectivity index (χ0) is 12.4. The van der Waals surface area contributed by atoms with Gasteiger partial charge in [-0.2, -0.15) is 0 Å². The van der Waals surface area contributed by atoms with E-state index in [2.05, 4.69) is 5.92 Å². The van der Waals surface area contributed by atoms with Crippen molar-refractivity contribution in [3.05, 3.63) is 0 Å². The zero-order valence-corrected chi connectivity index (χ0v) is 10.2. The molecule has 2 amide bonds.